The first-order valence-corrected chi connectivity index (χ1v) is 13.0. The number of hydrogen-bond acceptors (Lipinski definition) is 6. The molecule has 8 nitrogen and oxygen atoms in total. The Balaban J connectivity index is 1.72. The van der Waals surface area contributed by atoms with Crippen LogP contribution in [0.5, 0.6) is 0 Å². The van der Waals surface area contributed by atoms with Crippen molar-refractivity contribution < 1.29 is 19.0 Å². The van der Waals surface area contributed by atoms with E-state index in [-0.39, 0.29) is 21.6 Å². The molecule has 0 aliphatic heterocycles. The maximum atomic E-state index is 14.4. The third-order valence-corrected chi connectivity index (χ3v) is 6.93. The van der Waals surface area contributed by atoms with Gasteiger partial charge in [0.15, 0.2) is 6.23 Å². The summed E-state index contributed by atoms with van der Waals surface area (Å²) < 4.78 is 19.7. The van der Waals surface area contributed by atoms with Crippen LogP contribution in [0.4, 0.5) is 21.7 Å². The van der Waals surface area contributed by atoms with Crippen LogP contribution in [-0.4, -0.2) is 41.2 Å². The zero-order valence-electron chi connectivity index (χ0n) is 22.0. The minimum Gasteiger partial charge on any atom is -0.384 e. The van der Waals surface area contributed by atoms with Crippen molar-refractivity contribution in [2.75, 3.05) is 36.2 Å². The maximum absolute atomic E-state index is 14.4. The second kappa shape index (κ2) is 11.8. The normalized spacial score (nSPS) is 12.4. The highest BCUT2D eigenvalue weighted by Crippen LogP contribution is 2.31. The highest BCUT2D eigenvalue weighted by molar-refractivity contribution is 6.32. The Morgan fingerprint density at radius 2 is 1.90 bits per heavy atom. The van der Waals surface area contributed by atoms with Gasteiger partial charge in [0.1, 0.15) is 11.3 Å². The molecule has 0 saturated carbocycles. The molecule has 1 aromatic heterocycles. The molecule has 1 atom stereocenters. The molecule has 0 aliphatic rings. The number of amides is 1. The molecule has 0 aliphatic carbocycles. The molecule has 1 heterocycles. The fourth-order valence-corrected chi connectivity index (χ4v) is 4.60. The fraction of sp³-hybridized carbons (Fsp3) is 0.286. The summed E-state index contributed by atoms with van der Waals surface area (Å²) in [5.74, 6) is -0.646. The predicted octanol–water partition coefficient (Wildman–Crippen LogP) is 6.76. The number of benzene rings is 3. The third kappa shape index (κ3) is 6.62. The number of anilines is 3. The first-order chi connectivity index (χ1) is 18.5. The van der Waals surface area contributed by atoms with E-state index in [1.165, 1.54) is 24.3 Å². The molecule has 3 aromatic carbocycles. The monoisotopic (exact) mass is 573 g/mol. The first kappa shape index (κ1) is 28.6. The number of fused-ring (bicyclic) bond motifs is 1. The standard InChI is InChI=1S/C28H30Cl2FN5O3/c1-15-18(29)7-6-10-21(15)34-25(37)17-11-16(33-26(38)23-19(30)8-5-9-20(23)31)12-22-24(17)36-27(35-22)32-13-28(2,3)14-39-4/h5-12,26,33,38H,13-14H2,1-4H3,(H,34,37)(H2,32,35,36). The molecule has 0 fully saturated rings. The summed E-state index contributed by atoms with van der Waals surface area (Å²) in [4.78, 5) is 21.3. The second-order valence-corrected chi connectivity index (χ2v) is 10.8. The Morgan fingerprint density at radius 3 is 2.62 bits per heavy atom. The average molecular weight is 574 g/mol. The summed E-state index contributed by atoms with van der Waals surface area (Å²) in [6.07, 6.45) is -1.47. The van der Waals surface area contributed by atoms with Crippen LogP contribution in [0.2, 0.25) is 10.0 Å². The number of nitrogens with one attached hydrogen (secondary N) is 4. The smallest absolute Gasteiger partial charge is 0.258 e. The van der Waals surface area contributed by atoms with Gasteiger partial charge in [-0.05, 0) is 48.9 Å². The molecule has 206 valence electrons. The Labute approximate surface area is 235 Å². The molecule has 39 heavy (non-hydrogen) atoms. The van der Waals surface area contributed by atoms with Gasteiger partial charge >= 0.3 is 0 Å². The van der Waals surface area contributed by atoms with E-state index < -0.39 is 18.0 Å². The first-order valence-electron chi connectivity index (χ1n) is 12.2. The van der Waals surface area contributed by atoms with Crippen LogP contribution in [0.25, 0.3) is 11.0 Å². The predicted molar refractivity (Wildman–Crippen MR) is 154 cm³/mol. The van der Waals surface area contributed by atoms with Crippen molar-refractivity contribution >= 4 is 57.5 Å². The molecule has 4 aromatic rings. The number of carbonyl (C=O) groups excluding carboxylic acids is 1. The number of aliphatic hydroxyl groups excluding tert-OH is 1. The van der Waals surface area contributed by atoms with E-state index in [0.717, 1.165) is 0 Å². The number of methoxy groups -OCH3 is 1. The lowest BCUT2D eigenvalue weighted by Crippen LogP contribution is -2.28. The third-order valence-electron chi connectivity index (χ3n) is 6.19. The van der Waals surface area contributed by atoms with Crippen molar-refractivity contribution in [1.82, 2.24) is 9.97 Å². The number of H-pyrrole nitrogens is 1. The van der Waals surface area contributed by atoms with E-state index in [4.69, 9.17) is 27.9 Å². The molecule has 0 spiro atoms. The number of aromatic amines is 1. The Morgan fingerprint density at radius 1 is 1.18 bits per heavy atom. The lowest BCUT2D eigenvalue weighted by molar-refractivity contribution is 0.102. The van der Waals surface area contributed by atoms with Crippen molar-refractivity contribution in [2.45, 2.75) is 27.0 Å². The molecule has 0 radical (unpaired) electrons. The van der Waals surface area contributed by atoms with Gasteiger partial charge in [-0.15, -0.1) is 0 Å². The molecule has 0 bridgehead atoms. The van der Waals surface area contributed by atoms with Crippen LogP contribution >= 0.6 is 23.2 Å². The van der Waals surface area contributed by atoms with Gasteiger partial charge in [0.2, 0.25) is 5.95 Å². The molecule has 1 unspecified atom stereocenters. The molecule has 5 N–H and O–H groups in total. The molecule has 1 amide bonds. The molecule has 0 saturated heterocycles. The Bertz CT molecular complexity index is 1490. The van der Waals surface area contributed by atoms with E-state index >= 15 is 0 Å². The minimum atomic E-state index is -1.47. The number of nitrogens with zero attached hydrogens (tertiary/aromatic N) is 1. The summed E-state index contributed by atoms with van der Waals surface area (Å²) >= 11 is 12.4. The average Bonchev–Trinajstić information content (AvgIpc) is 3.28. The molecular formula is C28H30Cl2FN5O3. The summed E-state index contributed by atoms with van der Waals surface area (Å²) in [5.41, 5.74) is 2.48. The van der Waals surface area contributed by atoms with Gasteiger partial charge in [0.05, 0.1) is 28.3 Å². The van der Waals surface area contributed by atoms with Crippen LogP contribution in [0.3, 0.4) is 0 Å². The number of aromatic nitrogens is 2. The van der Waals surface area contributed by atoms with E-state index in [1.807, 2.05) is 0 Å². The number of aliphatic hydroxyl groups is 1. The van der Waals surface area contributed by atoms with Crippen molar-refractivity contribution in [3.63, 3.8) is 0 Å². The lowest BCUT2D eigenvalue weighted by Gasteiger charge is -2.23. The lowest BCUT2D eigenvalue weighted by atomic mass is 9.95. The zero-order chi connectivity index (χ0) is 28.3. The molecular weight excluding hydrogens is 544 g/mol. The summed E-state index contributed by atoms with van der Waals surface area (Å²) in [6, 6.07) is 12.6. The van der Waals surface area contributed by atoms with Gasteiger partial charge in [0, 0.05) is 35.5 Å². The van der Waals surface area contributed by atoms with Crippen LogP contribution in [-0.2, 0) is 4.74 Å². The van der Waals surface area contributed by atoms with Gasteiger partial charge in [-0.2, -0.15) is 0 Å². The summed E-state index contributed by atoms with van der Waals surface area (Å²) in [6.45, 7) is 7.00. The van der Waals surface area contributed by atoms with E-state index in [2.05, 4.69) is 39.8 Å². The zero-order valence-corrected chi connectivity index (χ0v) is 23.5. The summed E-state index contributed by atoms with van der Waals surface area (Å²) in [5, 5.41) is 20.3. The second-order valence-electron chi connectivity index (χ2n) is 10.0. The highest BCUT2D eigenvalue weighted by atomic mass is 35.5. The van der Waals surface area contributed by atoms with Crippen LogP contribution in [0, 0.1) is 18.2 Å². The number of imidazole rings is 1. The largest absolute Gasteiger partial charge is 0.384 e. The topological polar surface area (TPSA) is 111 Å². The van der Waals surface area contributed by atoms with Gasteiger partial charge in [-0.1, -0.05) is 49.2 Å². The quantitative estimate of drug-likeness (QED) is 0.134. The van der Waals surface area contributed by atoms with Gasteiger partial charge in [0.25, 0.3) is 5.91 Å². The van der Waals surface area contributed by atoms with Crippen LogP contribution in [0.1, 0.15) is 41.6 Å². The van der Waals surface area contributed by atoms with Gasteiger partial charge in [-0.3, -0.25) is 4.79 Å². The van der Waals surface area contributed by atoms with Crippen molar-refractivity contribution in [1.29, 1.82) is 0 Å². The molecule has 4 rings (SSSR count). The number of hydrogen-bond donors (Lipinski definition) is 5. The van der Waals surface area contributed by atoms with Crippen molar-refractivity contribution in [3.8, 4) is 0 Å². The van der Waals surface area contributed by atoms with Crippen molar-refractivity contribution in [3.05, 3.63) is 81.1 Å². The van der Waals surface area contributed by atoms with Gasteiger partial charge < -0.3 is 30.8 Å². The van der Waals surface area contributed by atoms with Crippen LogP contribution < -0.4 is 16.0 Å². The van der Waals surface area contributed by atoms with Gasteiger partial charge in [-0.25, -0.2) is 9.37 Å². The number of carbonyl (C=O) groups is 1. The van der Waals surface area contributed by atoms with Crippen LogP contribution in [0.15, 0.2) is 48.5 Å². The van der Waals surface area contributed by atoms with Crippen molar-refractivity contribution in [2.24, 2.45) is 5.41 Å². The highest BCUT2D eigenvalue weighted by Gasteiger charge is 2.22. The number of halogens is 3. The number of rotatable bonds is 10. The fourth-order valence-electron chi connectivity index (χ4n) is 4.16. The maximum Gasteiger partial charge on any atom is 0.258 e. The Hall–Kier alpha value is -3.37. The summed E-state index contributed by atoms with van der Waals surface area (Å²) in [7, 11) is 1.65. The van der Waals surface area contributed by atoms with E-state index in [1.54, 1.807) is 38.3 Å². The minimum absolute atomic E-state index is 0.0668. The van der Waals surface area contributed by atoms with E-state index in [9.17, 15) is 14.3 Å². The SMILES string of the molecule is COCC(C)(C)CNc1nc2c(C(=O)Nc3cccc(Cl)c3C)cc(NC(O)c3c(F)cccc3Cl)cc2[nH]1. The van der Waals surface area contributed by atoms with E-state index in [0.29, 0.717) is 52.1 Å². The molecule has 11 heteroatoms. The number of ether oxygens (including phenoxy) is 1. The Kier molecular flexibility index (Phi) is 8.66.